The minimum absolute atomic E-state index is 0.103. The average molecular weight is 1010 g/mol. The highest BCUT2D eigenvalue weighted by molar-refractivity contribution is 5.15. The summed E-state index contributed by atoms with van der Waals surface area (Å²) in [5.74, 6) is -0.459. The van der Waals surface area contributed by atoms with Crippen molar-refractivity contribution < 1.29 is 76.9 Å². The number of aliphatic hydroxyl groups excluding tert-OH is 3. The van der Waals surface area contributed by atoms with Gasteiger partial charge in [0.25, 0.3) is 0 Å². The number of aliphatic hydroxyl groups is 3. The number of ether oxygens (including phenoxy) is 13. The Morgan fingerprint density at radius 2 is 1.08 bits per heavy atom. The van der Waals surface area contributed by atoms with E-state index in [1.54, 1.807) is 0 Å². The number of fused-ring (bicyclic) bond motifs is 11. The Morgan fingerprint density at radius 3 is 1.89 bits per heavy atom. The van der Waals surface area contributed by atoms with Gasteiger partial charge in [-0.05, 0) is 57.3 Å². The third-order valence-electron chi connectivity index (χ3n) is 19.8. The Hall–Kier alpha value is -1.68. The van der Waals surface area contributed by atoms with Gasteiger partial charge in [0.15, 0.2) is 5.79 Å². The maximum Gasteiger partial charge on any atom is 0.171 e. The van der Waals surface area contributed by atoms with Crippen LogP contribution in [0.15, 0.2) is 48.6 Å². The average Bonchev–Trinajstić information content (AvgIpc) is 3.50. The van der Waals surface area contributed by atoms with Crippen LogP contribution in [0.1, 0.15) is 105 Å². The van der Waals surface area contributed by atoms with E-state index >= 15 is 0 Å². The Labute approximate surface area is 424 Å². The third-order valence-corrected chi connectivity index (χ3v) is 19.8. The molecule has 3 N–H and O–H groups in total. The quantitative estimate of drug-likeness (QED) is 0.284. The van der Waals surface area contributed by atoms with Crippen LogP contribution in [-0.2, 0) is 61.6 Å². The van der Waals surface area contributed by atoms with Crippen LogP contribution in [0.2, 0.25) is 0 Å². The van der Waals surface area contributed by atoms with Crippen molar-refractivity contribution in [2.24, 2.45) is 23.7 Å². The summed E-state index contributed by atoms with van der Waals surface area (Å²) in [7, 11) is 0. The zero-order valence-electron chi connectivity index (χ0n) is 42.6. The first-order valence-electron chi connectivity index (χ1n) is 28.0. The third kappa shape index (κ3) is 8.73. The molecule has 72 heavy (non-hydrogen) atoms. The van der Waals surface area contributed by atoms with E-state index in [9.17, 15) is 15.3 Å². The standard InChI is InChI=1S/C56H80O16/c1-27-21-38-40(24-44-50(69-38)29(3)48(58)54-51(70-44)28(2)30(4)56(72-54)18-10-20-61-56)66-42-26-47-55(5,71-43(42)22-27)46(57)25-41-34(67-47)15-9-12-31-32(64-41)13-8-14-33-35(62-31)16-17-36-39(63-33)23-45-53(68-36)49(59)52-37(65-45)11-6-7-19-60-52/h6-9,13,15-17,27-54,57-59H,10-12,14,18-26H2,1-5H3/b13-8-,15-9-/t27-,28+,29+,30+,31-,32+,33-,34+,35+,36-,37+,38+,39+,40-,41-,42+,43-,44+,45-,46-,47-,48+,49-,50-,51-,52+,53-,54+,55+,56?/m1/s1. The SMILES string of the molecule is C[C@@H]1C[C@@H]2O[C@@H]3[C@@H](C)[C@H](O)[C@@H]4OC5(CCCO5)[C@@H](C)[C@H](C)[C@H]4O[C@H]3C[C@H]2O[C@H]2C[C@H]3O[C@H]4/C=C\C[C@H]5O[C@H]6C=C[C@H]7O[C@H]8[C@H](O)[C@H]9OCC=CC[C@@H]9O[C@@H]8C[C@@H]7O[C@@H]6C/C=C\[C@@H]5O[C@@H]4C[C@@H](O)[C@]3(C)O[C@@H]2C1. The van der Waals surface area contributed by atoms with E-state index in [2.05, 4.69) is 64.2 Å². The van der Waals surface area contributed by atoms with Gasteiger partial charge >= 0.3 is 0 Å². The zero-order valence-corrected chi connectivity index (χ0v) is 42.6. The normalized spacial score (nSPS) is 59.0. The van der Waals surface area contributed by atoms with Gasteiger partial charge in [0.1, 0.15) is 54.4 Å². The van der Waals surface area contributed by atoms with Gasteiger partial charge in [-0.3, -0.25) is 0 Å². The molecule has 0 saturated carbocycles. The molecule has 0 bridgehead atoms. The summed E-state index contributed by atoms with van der Waals surface area (Å²) in [6.45, 7) is 11.9. The molecule has 1 spiro atoms. The Morgan fingerprint density at radius 1 is 0.458 bits per heavy atom. The second-order valence-corrected chi connectivity index (χ2v) is 24.3. The molecular weight excluding hydrogens is 929 g/mol. The summed E-state index contributed by atoms with van der Waals surface area (Å²) < 4.78 is 88.6. The second-order valence-electron chi connectivity index (χ2n) is 24.3. The highest BCUT2D eigenvalue weighted by atomic mass is 16.7. The molecule has 16 nitrogen and oxygen atoms in total. The number of hydrogen-bond acceptors (Lipinski definition) is 16. The van der Waals surface area contributed by atoms with Crippen LogP contribution in [-0.4, -0.2) is 186 Å². The predicted octanol–water partition coefficient (Wildman–Crippen LogP) is 4.72. The molecule has 0 aliphatic carbocycles. The molecule has 16 heteroatoms. The van der Waals surface area contributed by atoms with Gasteiger partial charge < -0.3 is 76.9 Å². The summed E-state index contributed by atoms with van der Waals surface area (Å²) >= 11 is 0. The van der Waals surface area contributed by atoms with Crippen molar-refractivity contribution >= 4 is 0 Å². The summed E-state index contributed by atoms with van der Waals surface area (Å²) in [5, 5.41) is 35.8. The number of rotatable bonds is 0. The van der Waals surface area contributed by atoms with E-state index < -0.39 is 72.4 Å². The van der Waals surface area contributed by atoms with Gasteiger partial charge in [-0.2, -0.15) is 0 Å². The fourth-order valence-electron chi connectivity index (χ4n) is 15.4. The van der Waals surface area contributed by atoms with Gasteiger partial charge in [-0.1, -0.05) is 76.3 Å². The summed E-state index contributed by atoms with van der Waals surface area (Å²) in [6, 6.07) is 0. The lowest BCUT2D eigenvalue weighted by Gasteiger charge is -2.53. The van der Waals surface area contributed by atoms with Crippen molar-refractivity contribution in [3.63, 3.8) is 0 Å². The lowest BCUT2D eigenvalue weighted by atomic mass is 9.76. The van der Waals surface area contributed by atoms with Gasteiger partial charge in [0, 0.05) is 43.9 Å². The molecular formula is C56H80O16. The molecule has 9 saturated heterocycles. The van der Waals surface area contributed by atoms with E-state index in [0.717, 1.165) is 25.7 Å². The van der Waals surface area contributed by atoms with Crippen LogP contribution in [0.5, 0.6) is 0 Å². The smallest absolute Gasteiger partial charge is 0.171 e. The molecule has 30 atom stereocenters. The Balaban J connectivity index is 0.692. The molecule has 0 aromatic heterocycles. The minimum atomic E-state index is -1.00. The van der Waals surface area contributed by atoms with Gasteiger partial charge in [-0.15, -0.1) is 0 Å². The molecule has 0 aromatic carbocycles. The van der Waals surface area contributed by atoms with Crippen LogP contribution >= 0.6 is 0 Å². The van der Waals surface area contributed by atoms with Crippen molar-refractivity contribution in [2.75, 3.05) is 13.2 Å². The first-order chi connectivity index (χ1) is 34.8. The van der Waals surface area contributed by atoms with Crippen molar-refractivity contribution in [1.29, 1.82) is 0 Å². The molecule has 13 aliphatic heterocycles. The van der Waals surface area contributed by atoms with Gasteiger partial charge in [-0.25, -0.2) is 0 Å². The van der Waals surface area contributed by atoms with Crippen LogP contribution < -0.4 is 0 Å². The Kier molecular flexibility index (Phi) is 13.6. The van der Waals surface area contributed by atoms with E-state index in [-0.39, 0.29) is 109 Å². The minimum Gasteiger partial charge on any atom is -0.390 e. The van der Waals surface area contributed by atoms with E-state index in [1.807, 2.05) is 19.1 Å². The van der Waals surface area contributed by atoms with E-state index in [4.69, 9.17) is 61.6 Å². The fraction of sp³-hybridized carbons (Fsp3) is 0.857. The van der Waals surface area contributed by atoms with Crippen molar-refractivity contribution in [3.8, 4) is 0 Å². The first kappa shape index (κ1) is 49.9. The lowest BCUT2D eigenvalue weighted by Crippen LogP contribution is -2.63. The number of hydrogen-bond donors (Lipinski definition) is 3. The van der Waals surface area contributed by atoms with Crippen LogP contribution in [0, 0.1) is 23.7 Å². The first-order valence-corrected chi connectivity index (χ1v) is 28.0. The molecule has 1 unspecified atom stereocenters. The second kappa shape index (κ2) is 19.7. The molecule has 0 radical (unpaired) electrons. The molecule has 400 valence electrons. The van der Waals surface area contributed by atoms with Crippen LogP contribution in [0.3, 0.4) is 0 Å². The van der Waals surface area contributed by atoms with E-state index in [1.165, 1.54) is 0 Å². The van der Waals surface area contributed by atoms with Crippen LogP contribution in [0.4, 0.5) is 0 Å². The largest absolute Gasteiger partial charge is 0.390 e. The van der Waals surface area contributed by atoms with Gasteiger partial charge in [0.2, 0.25) is 0 Å². The molecule has 13 heterocycles. The molecule has 0 aromatic rings. The molecule has 13 aliphatic rings. The van der Waals surface area contributed by atoms with Gasteiger partial charge in [0.05, 0.1) is 111 Å². The highest BCUT2D eigenvalue weighted by Crippen LogP contribution is 2.52. The van der Waals surface area contributed by atoms with Crippen LogP contribution in [0.25, 0.3) is 0 Å². The summed E-state index contributed by atoms with van der Waals surface area (Å²) in [4.78, 5) is 0. The highest BCUT2D eigenvalue weighted by Gasteiger charge is 2.62. The van der Waals surface area contributed by atoms with E-state index in [0.29, 0.717) is 58.2 Å². The maximum absolute atomic E-state index is 12.3. The summed E-state index contributed by atoms with van der Waals surface area (Å²) in [5.41, 5.74) is -1.00. The predicted molar refractivity (Wildman–Crippen MR) is 257 cm³/mol. The lowest BCUT2D eigenvalue weighted by molar-refractivity contribution is -0.339. The summed E-state index contributed by atoms with van der Waals surface area (Å²) in [6.07, 6.45) is 14.1. The van der Waals surface area contributed by atoms with Crippen molar-refractivity contribution in [3.05, 3.63) is 48.6 Å². The fourth-order valence-corrected chi connectivity index (χ4v) is 15.4. The van der Waals surface area contributed by atoms with Crippen molar-refractivity contribution in [1.82, 2.24) is 0 Å². The maximum atomic E-state index is 12.3. The topological polar surface area (TPSA) is 181 Å². The molecule has 9 fully saturated rings. The van der Waals surface area contributed by atoms with Crippen molar-refractivity contribution in [2.45, 2.75) is 263 Å². The zero-order chi connectivity index (χ0) is 49.2. The Bertz CT molecular complexity index is 2060. The monoisotopic (exact) mass is 1010 g/mol. The molecule has 0 amide bonds. The molecule has 13 rings (SSSR count).